The van der Waals surface area contributed by atoms with E-state index in [2.05, 4.69) is 46.3 Å². The summed E-state index contributed by atoms with van der Waals surface area (Å²) < 4.78 is 38.7. The number of amides is 3. The summed E-state index contributed by atoms with van der Waals surface area (Å²) in [7, 11) is 1.55. The summed E-state index contributed by atoms with van der Waals surface area (Å²) in [6, 6.07) is 11.1. The summed E-state index contributed by atoms with van der Waals surface area (Å²) in [6.45, 7) is 11.5. The number of nitriles is 1. The number of nitrogens with zero attached hydrogens (tertiary/aromatic N) is 9. The lowest BCUT2D eigenvalue weighted by Gasteiger charge is -2.41. The number of halogens is 3. The molecule has 0 saturated carbocycles. The smallest absolute Gasteiger partial charge is 0.372 e. The molecule has 1 unspecified atom stereocenters. The second-order valence-electron chi connectivity index (χ2n) is 18.3. The summed E-state index contributed by atoms with van der Waals surface area (Å²) in [6.07, 6.45) is 5.54. The quantitative estimate of drug-likeness (QED) is 0.126. The van der Waals surface area contributed by atoms with Gasteiger partial charge in [-0.15, -0.1) is 0 Å². The Morgan fingerprint density at radius 2 is 1.52 bits per heavy atom. The second-order valence-corrected chi connectivity index (χ2v) is 18.3. The van der Waals surface area contributed by atoms with Crippen LogP contribution in [-0.4, -0.2) is 159 Å². The highest BCUT2D eigenvalue weighted by molar-refractivity contribution is 6.01. The maximum absolute atomic E-state index is 13.2. The lowest BCUT2D eigenvalue weighted by molar-refractivity contribution is -0.126. The predicted molar refractivity (Wildman–Crippen MR) is 247 cm³/mol. The fourth-order valence-electron chi connectivity index (χ4n) is 10.2. The molecule has 1 aromatic carbocycles. The van der Waals surface area contributed by atoms with Crippen molar-refractivity contribution in [1.82, 2.24) is 29.9 Å². The molecule has 0 aliphatic carbocycles. The number of likely N-dealkylation sites (tertiary alicyclic amines) is 1. The van der Waals surface area contributed by atoms with Crippen LogP contribution in [0.5, 0.6) is 0 Å². The number of piperidine rings is 3. The number of aromatic nitrogens is 1. The average molecular weight is 916 g/mol. The number of nitrogens with one attached hydrogen (secondary N) is 2. The van der Waals surface area contributed by atoms with Crippen LogP contribution in [0.4, 0.5) is 30.4 Å². The van der Waals surface area contributed by atoms with E-state index in [1.54, 1.807) is 16.8 Å². The summed E-state index contributed by atoms with van der Waals surface area (Å²) in [4.78, 5) is 71.9. The minimum Gasteiger partial charge on any atom is -0.372 e. The van der Waals surface area contributed by atoms with Crippen LogP contribution in [0.3, 0.4) is 0 Å². The molecule has 4 saturated heterocycles. The van der Waals surface area contributed by atoms with Gasteiger partial charge in [0.2, 0.25) is 11.8 Å². The van der Waals surface area contributed by atoms with Gasteiger partial charge in [0.05, 0.1) is 30.1 Å². The molecular weight excluding hydrogens is 852 g/mol. The summed E-state index contributed by atoms with van der Waals surface area (Å²) >= 11 is 0. The van der Waals surface area contributed by atoms with E-state index in [1.165, 1.54) is 6.21 Å². The largest absolute Gasteiger partial charge is 0.392 e. The van der Waals surface area contributed by atoms with Crippen molar-refractivity contribution in [1.29, 1.82) is 5.26 Å². The van der Waals surface area contributed by atoms with Gasteiger partial charge in [0.15, 0.2) is 0 Å². The van der Waals surface area contributed by atoms with Gasteiger partial charge in [-0.2, -0.15) is 18.4 Å². The van der Waals surface area contributed by atoms with Crippen molar-refractivity contribution in [3.05, 3.63) is 59.4 Å². The van der Waals surface area contributed by atoms with Crippen molar-refractivity contribution < 1.29 is 32.3 Å². The predicted octanol–water partition coefficient (Wildman–Crippen LogP) is 4.96. The minimum absolute atomic E-state index is 0.138. The Kier molecular flexibility index (Phi) is 16.7. The van der Waals surface area contributed by atoms with E-state index in [4.69, 9.17) is 5.26 Å². The number of hydrogen-bond acceptors (Lipinski definition) is 12. The molecule has 2 N–H and O–H groups in total. The number of alkyl halides is 3. The Bertz CT molecular complexity index is 2080. The molecule has 0 spiro atoms. The number of piperazine rings is 1. The van der Waals surface area contributed by atoms with Gasteiger partial charge in [-0.1, -0.05) is 6.08 Å². The summed E-state index contributed by atoms with van der Waals surface area (Å²) in [5, 5.41) is 14.3. The molecule has 6 heterocycles. The molecule has 4 fully saturated rings. The van der Waals surface area contributed by atoms with Gasteiger partial charge >= 0.3 is 6.18 Å². The van der Waals surface area contributed by atoms with E-state index in [1.807, 2.05) is 36.5 Å². The first-order valence-electron chi connectivity index (χ1n) is 23.6. The van der Waals surface area contributed by atoms with Gasteiger partial charge < -0.3 is 44.8 Å². The molecule has 1 atom stereocenters. The lowest BCUT2D eigenvalue weighted by Crippen LogP contribution is -2.50. The van der Waals surface area contributed by atoms with Crippen molar-refractivity contribution in [2.75, 3.05) is 107 Å². The summed E-state index contributed by atoms with van der Waals surface area (Å²) in [5.74, 6) is 0.939. The van der Waals surface area contributed by atoms with Gasteiger partial charge in [-0.05, 0) is 92.7 Å². The van der Waals surface area contributed by atoms with Crippen LogP contribution in [0.2, 0.25) is 0 Å². The summed E-state index contributed by atoms with van der Waals surface area (Å²) in [5.41, 5.74) is 4.04. The van der Waals surface area contributed by atoms with E-state index in [-0.39, 0.29) is 36.6 Å². The van der Waals surface area contributed by atoms with Crippen molar-refractivity contribution >= 4 is 47.4 Å². The number of rotatable bonds is 17. The van der Waals surface area contributed by atoms with Crippen LogP contribution in [-0.2, 0) is 20.9 Å². The number of aldehydes is 1. The number of fused-ring (bicyclic) bond motifs is 1. The molecule has 0 bridgehead atoms. The van der Waals surface area contributed by atoms with E-state index in [0.717, 1.165) is 120 Å². The maximum atomic E-state index is 13.2. The molecule has 15 nitrogen and oxygen atoms in total. The zero-order chi connectivity index (χ0) is 46.6. The Labute approximate surface area is 386 Å². The highest BCUT2D eigenvalue weighted by atomic mass is 19.4. The van der Waals surface area contributed by atoms with E-state index >= 15 is 0 Å². The van der Waals surface area contributed by atoms with E-state index in [0.29, 0.717) is 67.8 Å². The Balaban J connectivity index is 0.776. The second kappa shape index (κ2) is 22.8. The molecule has 18 heteroatoms. The monoisotopic (exact) mass is 916 g/mol. The molecule has 1 aromatic heterocycles. The first kappa shape index (κ1) is 48.4. The normalized spacial score (nSPS) is 20.4. The van der Waals surface area contributed by atoms with Crippen molar-refractivity contribution in [2.45, 2.75) is 76.6 Å². The third kappa shape index (κ3) is 12.9. The van der Waals surface area contributed by atoms with Crippen molar-refractivity contribution in [2.24, 2.45) is 22.7 Å². The van der Waals surface area contributed by atoms with Gasteiger partial charge in [-0.25, -0.2) is 4.98 Å². The topological polar surface area (TPSA) is 161 Å². The number of likely N-dealkylation sites (N-methyl/N-ethyl adjacent to an activating group) is 1. The number of benzene rings is 1. The third-order valence-electron chi connectivity index (χ3n) is 14.0. The van der Waals surface area contributed by atoms with Crippen LogP contribution in [0.15, 0.2) is 53.3 Å². The molecule has 2 aromatic rings. The van der Waals surface area contributed by atoms with Crippen LogP contribution in [0, 0.1) is 29.1 Å². The third-order valence-corrected chi connectivity index (χ3v) is 14.0. The zero-order valence-corrected chi connectivity index (χ0v) is 38.1. The number of anilines is 3. The molecule has 356 valence electrons. The SMILES string of the molecule is CNC(=O)C(CCC=O)N1Cc2cc(N3CCC(CN4CCN(CC5CCN(c6ccc(NC(=O)C7CCN(/C(C=NCC#N)=C/CC(F)(F)F)CC7)nc6)CC5)CC4)CC3)ccc2C1=O. The van der Waals surface area contributed by atoms with Crippen LogP contribution < -0.4 is 20.4 Å². The van der Waals surface area contributed by atoms with Gasteiger partial charge in [0.1, 0.15) is 24.7 Å². The Hall–Kier alpha value is -5.54. The van der Waals surface area contributed by atoms with Gasteiger partial charge in [0.25, 0.3) is 5.91 Å². The molecule has 5 aliphatic heterocycles. The van der Waals surface area contributed by atoms with Crippen molar-refractivity contribution in [3.8, 4) is 6.07 Å². The van der Waals surface area contributed by atoms with Crippen LogP contribution in [0.1, 0.15) is 73.7 Å². The number of pyridine rings is 1. The Morgan fingerprint density at radius 3 is 2.08 bits per heavy atom. The molecular formula is C48H64F3N11O4. The minimum atomic E-state index is -4.35. The number of aliphatic imine (C=N–C) groups is 1. The molecule has 66 heavy (non-hydrogen) atoms. The fourth-order valence-corrected chi connectivity index (χ4v) is 10.2. The van der Waals surface area contributed by atoms with Gasteiger partial charge in [0, 0.05) is 122 Å². The van der Waals surface area contributed by atoms with Gasteiger partial charge in [-0.3, -0.25) is 19.4 Å². The number of carbonyl (C=O) groups excluding carboxylic acids is 4. The molecule has 3 amide bonds. The maximum Gasteiger partial charge on any atom is 0.392 e. The first-order valence-corrected chi connectivity index (χ1v) is 23.6. The number of allylic oxidation sites excluding steroid dienone is 2. The number of hydrogen-bond donors (Lipinski definition) is 2. The molecule has 5 aliphatic rings. The average Bonchev–Trinajstić information content (AvgIpc) is 3.65. The lowest BCUT2D eigenvalue weighted by atomic mass is 9.94. The van der Waals surface area contributed by atoms with Crippen molar-refractivity contribution in [3.63, 3.8) is 0 Å². The standard InChI is InChI=1S/C48H64F3N11O4/c1-53-46(65)43(3-2-28-63)62-34-38-29-39(4-6-42(38)47(62)66)59-18-9-35(10-19-59)32-57-24-26-58(27-25-57)33-36-11-20-60(21-12-36)40-5-7-44(55-31-40)56-45(64)37-13-22-61(23-14-37)41(30-54-17-16-52)8-15-48(49,50)51/h4-8,28-31,35-37,43H,2-3,9-15,17-27,32-34H2,1H3,(H,53,65)(H,55,56,64)/b41-8+,54-30?. The zero-order valence-electron chi connectivity index (χ0n) is 38.1. The number of carbonyl (C=O) groups is 4. The van der Waals surface area contributed by atoms with E-state index in [9.17, 15) is 32.3 Å². The molecule has 0 radical (unpaired) electrons. The van der Waals surface area contributed by atoms with Crippen LogP contribution >= 0.6 is 0 Å². The fraction of sp³-hybridized carbons (Fsp3) is 0.604. The highest BCUT2D eigenvalue weighted by Gasteiger charge is 2.37. The first-order chi connectivity index (χ1) is 31.9. The van der Waals surface area contributed by atoms with Crippen LogP contribution in [0.25, 0.3) is 0 Å². The van der Waals surface area contributed by atoms with E-state index < -0.39 is 18.6 Å². The highest BCUT2D eigenvalue weighted by Crippen LogP contribution is 2.33. The molecule has 7 rings (SSSR count). The Morgan fingerprint density at radius 1 is 0.894 bits per heavy atom.